The van der Waals surface area contributed by atoms with Crippen LogP contribution < -0.4 is 11.1 Å². The van der Waals surface area contributed by atoms with E-state index >= 15 is 0 Å². The zero-order valence-corrected chi connectivity index (χ0v) is 26.3. The lowest BCUT2D eigenvalue weighted by atomic mass is 9.79. The summed E-state index contributed by atoms with van der Waals surface area (Å²) in [5.41, 5.74) is 12.8. The molecule has 1 aliphatic rings. The van der Waals surface area contributed by atoms with Gasteiger partial charge >= 0.3 is 0 Å². The average molecular weight is 625 g/mol. The number of imidazole rings is 1. The lowest BCUT2D eigenvalue weighted by Crippen LogP contribution is -2.40. The molecule has 0 bridgehead atoms. The summed E-state index contributed by atoms with van der Waals surface area (Å²) in [7, 11) is 0. The second kappa shape index (κ2) is 12.9. The molecular formula is C38H36N6O3. The number of ether oxygens (including phenoxy) is 2. The highest BCUT2D eigenvalue weighted by Gasteiger charge is 2.41. The molecule has 1 fully saturated rings. The van der Waals surface area contributed by atoms with Crippen molar-refractivity contribution in [1.82, 2.24) is 19.5 Å². The third-order valence-electron chi connectivity index (χ3n) is 8.78. The van der Waals surface area contributed by atoms with Gasteiger partial charge in [-0.05, 0) is 42.7 Å². The fourth-order valence-electron chi connectivity index (χ4n) is 6.21. The van der Waals surface area contributed by atoms with Gasteiger partial charge in [0.05, 0.1) is 19.0 Å². The standard InChI is InChI=1S/C38H36N6O3/c1-25-13-17-29(18-14-25)38(28-11-7-4-8-12-28,30-19-15-26(2)16-20-30)46-22-32-31(39)21-33(47-32)44-24-42-34-35(40-23-41-36(34)44)43-37(45)27-9-5-3-6-10-27/h3-20,23-24,31-33H,21-22,39H2,1-2H3,(H,40,41,43,45)/t31-,32+,33+/m0/s1. The average Bonchev–Trinajstić information content (AvgIpc) is 3.71. The van der Waals surface area contributed by atoms with E-state index in [2.05, 4.69) is 94.8 Å². The molecular weight excluding hydrogens is 588 g/mol. The van der Waals surface area contributed by atoms with Crippen LogP contribution in [-0.2, 0) is 15.1 Å². The number of carbonyl (C=O) groups is 1. The van der Waals surface area contributed by atoms with Crippen molar-refractivity contribution in [2.45, 2.75) is 44.2 Å². The van der Waals surface area contributed by atoms with E-state index in [1.807, 2.05) is 41.0 Å². The maximum absolute atomic E-state index is 12.8. The van der Waals surface area contributed by atoms with E-state index in [4.69, 9.17) is 15.2 Å². The first kappa shape index (κ1) is 30.4. The van der Waals surface area contributed by atoms with Crippen molar-refractivity contribution >= 4 is 22.9 Å². The van der Waals surface area contributed by atoms with Crippen molar-refractivity contribution in [3.63, 3.8) is 0 Å². The molecule has 1 aliphatic heterocycles. The Kier molecular flexibility index (Phi) is 8.34. The van der Waals surface area contributed by atoms with Crippen LogP contribution in [0.3, 0.4) is 0 Å². The van der Waals surface area contributed by atoms with E-state index in [0.29, 0.717) is 29.0 Å². The van der Waals surface area contributed by atoms with Gasteiger partial charge in [-0.2, -0.15) is 0 Å². The number of hydrogen-bond acceptors (Lipinski definition) is 7. The summed E-state index contributed by atoms with van der Waals surface area (Å²) in [6, 6.07) is 35.9. The quantitative estimate of drug-likeness (QED) is 0.181. The molecule has 0 saturated carbocycles. The highest BCUT2D eigenvalue weighted by molar-refractivity contribution is 6.06. The van der Waals surface area contributed by atoms with Crippen molar-refractivity contribution in [3.05, 3.63) is 155 Å². The van der Waals surface area contributed by atoms with Gasteiger partial charge in [0.2, 0.25) is 0 Å². The van der Waals surface area contributed by atoms with Crippen LogP contribution in [0.25, 0.3) is 11.2 Å². The van der Waals surface area contributed by atoms with Crippen LogP contribution in [0.4, 0.5) is 5.82 Å². The first-order valence-corrected chi connectivity index (χ1v) is 15.7. The van der Waals surface area contributed by atoms with Gasteiger partial charge in [0.15, 0.2) is 17.0 Å². The zero-order chi connectivity index (χ0) is 32.4. The lowest BCUT2D eigenvalue weighted by Gasteiger charge is -2.37. The molecule has 3 N–H and O–H groups in total. The molecule has 7 rings (SSSR count). The van der Waals surface area contributed by atoms with Crippen LogP contribution in [0.15, 0.2) is 122 Å². The first-order chi connectivity index (χ1) is 22.9. The summed E-state index contributed by atoms with van der Waals surface area (Å²) in [4.78, 5) is 26.2. The van der Waals surface area contributed by atoms with E-state index in [-0.39, 0.29) is 18.6 Å². The van der Waals surface area contributed by atoms with Crippen LogP contribution >= 0.6 is 0 Å². The van der Waals surface area contributed by atoms with Gasteiger partial charge in [0.1, 0.15) is 18.2 Å². The smallest absolute Gasteiger partial charge is 0.256 e. The number of amides is 1. The second-order valence-electron chi connectivity index (χ2n) is 12.0. The predicted molar refractivity (Wildman–Crippen MR) is 181 cm³/mol. The molecule has 1 amide bonds. The molecule has 0 radical (unpaired) electrons. The molecule has 2 aromatic heterocycles. The lowest BCUT2D eigenvalue weighted by molar-refractivity contribution is -0.0779. The van der Waals surface area contributed by atoms with Gasteiger partial charge in [-0.25, -0.2) is 15.0 Å². The Hall–Kier alpha value is -5.22. The summed E-state index contributed by atoms with van der Waals surface area (Å²) in [5, 5.41) is 2.86. The maximum atomic E-state index is 12.8. The number of hydrogen-bond donors (Lipinski definition) is 2. The highest BCUT2D eigenvalue weighted by Crippen LogP contribution is 2.42. The predicted octanol–water partition coefficient (Wildman–Crippen LogP) is 6.32. The number of anilines is 1. The number of aromatic nitrogens is 4. The van der Waals surface area contributed by atoms with Gasteiger partial charge in [0.25, 0.3) is 5.91 Å². The zero-order valence-electron chi connectivity index (χ0n) is 26.3. The number of carbonyl (C=O) groups excluding carboxylic acids is 1. The van der Waals surface area contributed by atoms with Crippen molar-refractivity contribution in [1.29, 1.82) is 0 Å². The second-order valence-corrected chi connectivity index (χ2v) is 12.0. The van der Waals surface area contributed by atoms with E-state index in [0.717, 1.165) is 16.7 Å². The van der Waals surface area contributed by atoms with Gasteiger partial charge < -0.3 is 20.5 Å². The molecule has 0 unspecified atom stereocenters. The molecule has 3 atom stereocenters. The number of nitrogens with zero attached hydrogens (tertiary/aromatic N) is 4. The number of nitrogens with two attached hydrogens (primary N) is 1. The normalized spacial score (nSPS) is 18.0. The third kappa shape index (κ3) is 5.92. The molecule has 9 heteroatoms. The third-order valence-corrected chi connectivity index (χ3v) is 8.78. The summed E-state index contributed by atoms with van der Waals surface area (Å²) >= 11 is 0. The molecule has 3 heterocycles. The van der Waals surface area contributed by atoms with Crippen LogP contribution in [-0.4, -0.2) is 44.2 Å². The molecule has 0 aliphatic carbocycles. The van der Waals surface area contributed by atoms with E-state index in [9.17, 15) is 4.79 Å². The molecule has 1 saturated heterocycles. The van der Waals surface area contributed by atoms with Crippen LogP contribution in [0.5, 0.6) is 0 Å². The Morgan fingerprint density at radius 3 is 2.09 bits per heavy atom. The number of aryl methyl sites for hydroxylation is 2. The minimum Gasteiger partial charge on any atom is -0.358 e. The molecule has 6 aromatic rings. The fourth-order valence-corrected chi connectivity index (χ4v) is 6.21. The number of fused-ring (bicyclic) bond motifs is 1. The van der Waals surface area contributed by atoms with Crippen LogP contribution in [0.2, 0.25) is 0 Å². The minimum absolute atomic E-state index is 0.244. The van der Waals surface area contributed by atoms with Gasteiger partial charge in [-0.15, -0.1) is 0 Å². The van der Waals surface area contributed by atoms with Crippen molar-refractivity contribution in [3.8, 4) is 0 Å². The highest BCUT2D eigenvalue weighted by atomic mass is 16.6. The number of nitrogens with one attached hydrogen (secondary N) is 1. The Labute approximate surface area is 273 Å². The molecule has 47 heavy (non-hydrogen) atoms. The van der Waals surface area contributed by atoms with Gasteiger partial charge in [-0.1, -0.05) is 108 Å². The minimum atomic E-state index is -0.898. The number of benzene rings is 4. The molecule has 236 valence electrons. The van der Waals surface area contributed by atoms with Crippen LogP contribution in [0, 0.1) is 13.8 Å². The van der Waals surface area contributed by atoms with E-state index < -0.39 is 17.9 Å². The largest absolute Gasteiger partial charge is 0.358 e. The molecule has 9 nitrogen and oxygen atoms in total. The summed E-state index contributed by atoms with van der Waals surface area (Å²) in [5.74, 6) is 0.0502. The van der Waals surface area contributed by atoms with Crippen LogP contribution in [0.1, 0.15) is 50.8 Å². The summed E-state index contributed by atoms with van der Waals surface area (Å²) < 4.78 is 15.5. The molecule has 0 spiro atoms. The fraction of sp³-hybridized carbons (Fsp3) is 0.211. The van der Waals surface area contributed by atoms with Gasteiger partial charge in [-0.3, -0.25) is 9.36 Å². The van der Waals surface area contributed by atoms with Crippen molar-refractivity contribution in [2.75, 3.05) is 11.9 Å². The maximum Gasteiger partial charge on any atom is 0.256 e. The first-order valence-electron chi connectivity index (χ1n) is 15.7. The topological polar surface area (TPSA) is 117 Å². The molecule has 4 aromatic carbocycles. The van der Waals surface area contributed by atoms with E-state index in [1.165, 1.54) is 17.5 Å². The van der Waals surface area contributed by atoms with Gasteiger partial charge in [0, 0.05) is 18.0 Å². The Morgan fingerprint density at radius 1 is 0.851 bits per heavy atom. The number of rotatable bonds is 9. The monoisotopic (exact) mass is 624 g/mol. The van der Waals surface area contributed by atoms with Crippen molar-refractivity contribution < 1.29 is 14.3 Å². The summed E-state index contributed by atoms with van der Waals surface area (Å²) in [6.45, 7) is 4.41. The Bertz CT molecular complexity index is 1930. The Balaban J connectivity index is 1.17. The van der Waals surface area contributed by atoms with Crippen molar-refractivity contribution in [2.24, 2.45) is 5.73 Å². The van der Waals surface area contributed by atoms with E-state index in [1.54, 1.807) is 18.5 Å². The SMILES string of the molecule is Cc1ccc(C(OC[C@H]2O[C@@H](n3cnc4c(NC(=O)c5ccccc5)ncnc43)C[C@@H]2N)(c2ccccc2)c2ccc(C)cc2)cc1. The summed E-state index contributed by atoms with van der Waals surface area (Å²) in [6.07, 6.45) is 2.76. The Morgan fingerprint density at radius 2 is 1.45 bits per heavy atom.